The van der Waals surface area contributed by atoms with Crippen LogP contribution >= 0.6 is 0 Å². The highest BCUT2D eigenvalue weighted by Gasteiger charge is 2.39. The summed E-state index contributed by atoms with van der Waals surface area (Å²) in [5.41, 5.74) is 10.4. The first-order valence-corrected chi connectivity index (χ1v) is 23.0. The minimum absolute atomic E-state index is 0.0138. The zero-order chi connectivity index (χ0) is 50.5. The van der Waals surface area contributed by atoms with Crippen molar-refractivity contribution in [2.75, 3.05) is 0 Å². The summed E-state index contributed by atoms with van der Waals surface area (Å²) in [6.07, 6.45) is 1.41. The van der Waals surface area contributed by atoms with Gasteiger partial charge in [0.05, 0.1) is 12.8 Å². The number of carboxylic acid groups (broad SMARTS) is 2. The van der Waals surface area contributed by atoms with E-state index in [9.17, 15) is 53.4 Å². The monoisotopic (exact) mass is 950 g/mol. The Labute approximate surface area is 399 Å². The molecular formula is C50H62N8O11. The van der Waals surface area contributed by atoms with Gasteiger partial charge in [-0.2, -0.15) is 0 Å². The van der Waals surface area contributed by atoms with Crippen molar-refractivity contribution in [1.29, 1.82) is 0 Å². The maximum Gasteiger partial charge on any atom is 0.326 e. The summed E-state index contributed by atoms with van der Waals surface area (Å²) in [5.74, 6) is -10.8. The number of hydrogen-bond donors (Lipinski definition) is 10. The number of nitrogens with one attached hydrogen (secondary N) is 7. The molecule has 0 unspecified atom stereocenters. The van der Waals surface area contributed by atoms with Crippen LogP contribution in [0.4, 0.5) is 0 Å². The van der Waals surface area contributed by atoms with Crippen molar-refractivity contribution in [2.45, 2.75) is 122 Å². The highest BCUT2D eigenvalue weighted by Crippen LogP contribution is 2.37. The number of carbonyl (C=O) groups excluding carboxylic acids is 7. The molecule has 19 heteroatoms. The Hall–Kier alpha value is -7.57. The quantitative estimate of drug-likeness (QED) is 0.0514. The Morgan fingerprint density at radius 3 is 1.72 bits per heavy atom. The fraction of sp³-hybridized carbons (Fsp3) is 0.420. The second kappa shape index (κ2) is 23.9. The number of aromatic amines is 1. The van der Waals surface area contributed by atoms with Gasteiger partial charge in [-0.3, -0.25) is 38.4 Å². The van der Waals surface area contributed by atoms with Crippen LogP contribution in [0.25, 0.3) is 10.9 Å². The first-order valence-electron chi connectivity index (χ1n) is 23.0. The summed E-state index contributed by atoms with van der Waals surface area (Å²) in [6, 6.07) is 13.3. The third kappa shape index (κ3) is 14.0. The predicted molar refractivity (Wildman–Crippen MR) is 254 cm³/mol. The number of benzene rings is 3. The molecule has 0 aliphatic heterocycles. The van der Waals surface area contributed by atoms with Crippen LogP contribution in [0.1, 0.15) is 94.0 Å². The van der Waals surface area contributed by atoms with Crippen molar-refractivity contribution in [3.63, 3.8) is 0 Å². The molecule has 0 fully saturated rings. The van der Waals surface area contributed by atoms with Crippen LogP contribution in [0, 0.1) is 11.8 Å². The molecule has 5 rings (SSSR count). The van der Waals surface area contributed by atoms with E-state index in [1.165, 1.54) is 6.92 Å². The molecule has 1 aliphatic rings. The number of carboxylic acids is 2. The molecule has 11 N–H and O–H groups in total. The molecule has 0 saturated heterocycles. The van der Waals surface area contributed by atoms with Crippen molar-refractivity contribution in [3.05, 3.63) is 107 Å². The Kier molecular flexibility index (Phi) is 18.2. The molecule has 7 atom stereocenters. The molecule has 0 spiro atoms. The number of carbonyl (C=O) groups is 9. The lowest BCUT2D eigenvalue weighted by molar-refractivity contribution is -0.142. The van der Waals surface area contributed by atoms with Crippen molar-refractivity contribution in [2.24, 2.45) is 17.6 Å². The number of H-pyrrole nitrogens is 1. The van der Waals surface area contributed by atoms with Gasteiger partial charge >= 0.3 is 11.9 Å². The first kappa shape index (κ1) is 52.4. The molecule has 0 bridgehead atoms. The van der Waals surface area contributed by atoms with Gasteiger partial charge in [0.2, 0.25) is 41.4 Å². The second-order valence-corrected chi connectivity index (χ2v) is 18.0. The van der Waals surface area contributed by atoms with Gasteiger partial charge in [0, 0.05) is 36.4 Å². The number of nitrogens with two attached hydrogens (primary N) is 1. The molecule has 19 nitrogen and oxygen atoms in total. The highest BCUT2D eigenvalue weighted by molar-refractivity contribution is 5.99. The molecule has 1 heterocycles. The zero-order valence-corrected chi connectivity index (χ0v) is 39.3. The van der Waals surface area contributed by atoms with Crippen molar-refractivity contribution < 1.29 is 53.4 Å². The van der Waals surface area contributed by atoms with E-state index < -0.39 is 114 Å². The number of rotatable bonds is 23. The Balaban J connectivity index is 1.35. The normalized spacial score (nSPS) is 15.3. The lowest BCUT2D eigenvalue weighted by Crippen LogP contribution is -2.61. The van der Waals surface area contributed by atoms with E-state index in [2.05, 4.69) is 36.9 Å². The van der Waals surface area contributed by atoms with Crippen LogP contribution in [0.15, 0.2) is 79.0 Å². The van der Waals surface area contributed by atoms with Gasteiger partial charge in [-0.15, -0.1) is 0 Å². The number of aryl methyl sites for hydroxylation is 2. The molecule has 4 aromatic rings. The minimum Gasteiger partial charge on any atom is -0.481 e. The molecule has 3 aromatic carbocycles. The lowest BCUT2D eigenvalue weighted by Gasteiger charge is -2.31. The maximum absolute atomic E-state index is 14.5. The van der Waals surface area contributed by atoms with E-state index in [1.807, 2.05) is 60.7 Å². The summed E-state index contributed by atoms with van der Waals surface area (Å²) < 4.78 is 0. The van der Waals surface area contributed by atoms with Gasteiger partial charge in [0.15, 0.2) is 0 Å². The van der Waals surface area contributed by atoms with E-state index >= 15 is 0 Å². The molecule has 1 aromatic heterocycles. The van der Waals surface area contributed by atoms with Crippen LogP contribution in [0.3, 0.4) is 0 Å². The number of para-hydroxylation sites is 1. The fourth-order valence-electron chi connectivity index (χ4n) is 8.69. The molecule has 69 heavy (non-hydrogen) atoms. The number of aliphatic carboxylic acids is 2. The number of fused-ring (bicyclic) bond motifs is 3. The highest BCUT2D eigenvalue weighted by atomic mass is 16.4. The smallest absolute Gasteiger partial charge is 0.326 e. The average Bonchev–Trinajstić information content (AvgIpc) is 3.62. The van der Waals surface area contributed by atoms with Crippen LogP contribution in [0.5, 0.6) is 0 Å². The summed E-state index contributed by atoms with van der Waals surface area (Å²) in [4.78, 5) is 123. The van der Waals surface area contributed by atoms with Gasteiger partial charge in [0.25, 0.3) is 0 Å². The third-order valence-electron chi connectivity index (χ3n) is 12.3. The zero-order valence-electron chi connectivity index (χ0n) is 39.3. The third-order valence-corrected chi connectivity index (χ3v) is 12.3. The molecular weight excluding hydrogens is 889 g/mol. The minimum atomic E-state index is -1.87. The van der Waals surface area contributed by atoms with Crippen molar-refractivity contribution in [3.8, 4) is 0 Å². The number of aromatic nitrogens is 1. The summed E-state index contributed by atoms with van der Waals surface area (Å²) in [7, 11) is 0. The lowest BCUT2D eigenvalue weighted by atomic mass is 9.82. The molecule has 0 radical (unpaired) electrons. The number of amides is 7. The molecule has 0 saturated carbocycles. The predicted octanol–water partition coefficient (Wildman–Crippen LogP) is 2.10. The Bertz CT molecular complexity index is 2510. The average molecular weight is 951 g/mol. The van der Waals surface area contributed by atoms with Gasteiger partial charge in [-0.05, 0) is 65.0 Å². The van der Waals surface area contributed by atoms with Crippen molar-refractivity contribution >= 4 is 64.2 Å². The largest absolute Gasteiger partial charge is 0.481 e. The Morgan fingerprint density at radius 1 is 0.652 bits per heavy atom. The van der Waals surface area contributed by atoms with Gasteiger partial charge in [0.1, 0.15) is 36.3 Å². The molecule has 7 amide bonds. The van der Waals surface area contributed by atoms with E-state index in [4.69, 9.17) is 5.73 Å². The van der Waals surface area contributed by atoms with E-state index in [-0.39, 0.29) is 18.8 Å². The van der Waals surface area contributed by atoms with Gasteiger partial charge in [-0.1, -0.05) is 101 Å². The first-order chi connectivity index (χ1) is 32.8. The Morgan fingerprint density at radius 2 is 1.17 bits per heavy atom. The van der Waals surface area contributed by atoms with E-state index in [0.29, 0.717) is 24.8 Å². The van der Waals surface area contributed by atoms with Crippen LogP contribution < -0.4 is 37.6 Å². The standard InChI is InChI=1S/C50H62N8O11/c1-6-27(4)43(48(66)57-39(50(68)69)22-31-25-52-35-18-12-11-15-32(31)35)58-47(65)37(23-40(51)60)54-46(64)38(24-41(61)62)55-45(63)36(21-26(2)3)56-49(67)44(53-28(5)59)42-33-16-9-7-13-29(33)19-20-30-14-8-10-17-34(30)42/h7-18,25-27,36-39,42-44,52H,6,19-24H2,1-5H3,(H2,51,60)(H,53,59)(H,54,64)(H,55,63)(H,56,67)(H,57,66)(H,58,65)(H,61,62)(H,68,69)/t27-,36-,37-,38-,39-,43-,44+/m0/s1. The van der Waals surface area contributed by atoms with Crippen LogP contribution in [-0.4, -0.2) is 105 Å². The van der Waals surface area contributed by atoms with Crippen molar-refractivity contribution in [1.82, 2.24) is 36.9 Å². The second-order valence-electron chi connectivity index (χ2n) is 18.0. The maximum atomic E-state index is 14.5. The summed E-state index contributed by atoms with van der Waals surface area (Å²) in [5, 5.41) is 36.0. The molecule has 368 valence electrons. The van der Waals surface area contributed by atoms with Crippen LogP contribution in [-0.2, 0) is 62.4 Å². The number of primary amides is 1. The van der Waals surface area contributed by atoms with E-state index in [0.717, 1.165) is 33.2 Å². The topological polar surface area (TPSA) is 308 Å². The summed E-state index contributed by atoms with van der Waals surface area (Å²) in [6.45, 7) is 8.18. The van der Waals surface area contributed by atoms with Gasteiger partial charge in [-0.25, -0.2) is 4.79 Å². The van der Waals surface area contributed by atoms with Gasteiger partial charge < -0.3 is 52.8 Å². The summed E-state index contributed by atoms with van der Waals surface area (Å²) >= 11 is 0. The van der Waals surface area contributed by atoms with Crippen LogP contribution in [0.2, 0.25) is 0 Å². The molecule has 1 aliphatic carbocycles. The number of hydrogen-bond acceptors (Lipinski definition) is 9. The van der Waals surface area contributed by atoms with E-state index in [1.54, 1.807) is 46.0 Å². The SMILES string of the molecule is CC[C@H](C)[C@H](NC(=O)[C@H](CC(N)=O)NC(=O)[C@H](CC(=O)O)NC(=O)[C@H](CC(C)C)NC(=O)[C@H](NC(C)=O)C1c2ccccc2CCc2ccccc21)C(=O)N[C@@H](Cc1c[nH]c2ccccc12)C(=O)O. The fourth-order valence-corrected chi connectivity index (χ4v) is 8.69.